The van der Waals surface area contributed by atoms with Gasteiger partial charge in [-0.2, -0.15) is 0 Å². The molecule has 496 valence electrons. The van der Waals surface area contributed by atoms with Crippen LogP contribution >= 0.6 is 7.82 Å². The minimum absolute atomic E-state index is 0.0384. The van der Waals surface area contributed by atoms with E-state index in [9.17, 15) is 59.3 Å². The Morgan fingerprint density at radius 3 is 1.53 bits per heavy atom. The summed E-state index contributed by atoms with van der Waals surface area (Å²) in [6.45, 7) is 3.94. The summed E-state index contributed by atoms with van der Waals surface area (Å²) in [5, 5.41) is 66.8. The van der Waals surface area contributed by atoms with E-state index in [0.717, 1.165) is 77.0 Å². The number of carbonyl (C=O) groups is 4. The van der Waals surface area contributed by atoms with E-state index in [1.165, 1.54) is 84.0 Å². The summed E-state index contributed by atoms with van der Waals surface area (Å²) in [5.41, 5.74) is 0. The first kappa shape index (κ1) is 78.2. The monoisotopic (exact) mass is 1240 g/mol. The van der Waals surface area contributed by atoms with Crippen LogP contribution in [0, 0.1) is 0 Å². The Hall–Kier alpha value is -2.93. The first-order chi connectivity index (χ1) is 41.0. The van der Waals surface area contributed by atoms with Gasteiger partial charge in [0, 0.05) is 38.8 Å². The quantitative estimate of drug-likeness (QED) is 0.0119. The highest BCUT2D eigenvalue weighted by Crippen LogP contribution is 2.43. The minimum atomic E-state index is -4.69. The van der Waals surface area contributed by atoms with Crippen molar-refractivity contribution in [3.05, 3.63) is 24.3 Å². The van der Waals surface area contributed by atoms with Gasteiger partial charge in [-0.3, -0.25) is 28.2 Å². The number of nitrogens with one attached hydrogen (secondary N) is 2. The number of ether oxygens (including phenoxy) is 6. The standard InChI is InChI=1S/C62H113N2O20P/c1-4-6-8-10-12-14-16-18-20-22-24-26-28-30-32-39-53(68)78-46-49(82-54(69)40-33-31-29-27-25-23-21-19-17-15-13-11-9-7-5-2)47-80-85(75,76)79-44-42-64-52(67)38-35-34-37-51(66)63-41-36-43-77-62-60(58(73)56(71)50(45-65)83-62)84-61-59(74)57(72)55(70)48(3)81-61/h18-21,48-50,55-62,65,70-74H,4-17,22-47H2,1-3H3,(H,63,66)(H,64,67)(H,75,76)/b20-18-,21-19-/t48-,49+,50+,55+,56-,57+,58-,59-,60+,61+,62+/m0/s1. The molecular formula is C62H113N2O20P. The lowest BCUT2D eigenvalue weighted by Crippen LogP contribution is -2.64. The fourth-order valence-electron chi connectivity index (χ4n) is 9.73. The maximum Gasteiger partial charge on any atom is 0.472 e. The third-order valence-electron chi connectivity index (χ3n) is 15.0. The van der Waals surface area contributed by atoms with Crippen molar-refractivity contribution in [1.82, 2.24) is 10.6 Å². The van der Waals surface area contributed by atoms with E-state index in [1.807, 2.05) is 0 Å². The molecule has 0 aliphatic carbocycles. The normalized spacial score (nSPS) is 23.7. The van der Waals surface area contributed by atoms with E-state index in [1.54, 1.807) is 0 Å². The van der Waals surface area contributed by atoms with E-state index in [4.69, 9.17) is 37.5 Å². The summed E-state index contributed by atoms with van der Waals surface area (Å²) in [4.78, 5) is 61.0. The van der Waals surface area contributed by atoms with E-state index >= 15 is 0 Å². The van der Waals surface area contributed by atoms with Gasteiger partial charge in [-0.25, -0.2) is 4.57 Å². The van der Waals surface area contributed by atoms with Crippen molar-refractivity contribution in [2.45, 2.75) is 300 Å². The average molecular weight is 1240 g/mol. The molecule has 0 spiro atoms. The van der Waals surface area contributed by atoms with Gasteiger partial charge >= 0.3 is 19.8 Å². The van der Waals surface area contributed by atoms with Gasteiger partial charge in [0.05, 0.1) is 32.5 Å². The molecule has 22 nitrogen and oxygen atoms in total. The number of phosphoric acid groups is 1. The third kappa shape index (κ3) is 38.3. The molecule has 0 aromatic carbocycles. The van der Waals surface area contributed by atoms with E-state index in [-0.39, 0.29) is 76.8 Å². The smallest absolute Gasteiger partial charge is 0.462 e. The summed E-state index contributed by atoms with van der Waals surface area (Å²) in [5.74, 6) is -1.67. The molecule has 0 aromatic rings. The second-order valence-corrected chi connectivity index (χ2v) is 24.1. The van der Waals surface area contributed by atoms with Crippen molar-refractivity contribution in [3.63, 3.8) is 0 Å². The van der Waals surface area contributed by atoms with Crippen LogP contribution in [0.3, 0.4) is 0 Å². The van der Waals surface area contributed by atoms with Crippen LogP contribution in [0.15, 0.2) is 24.3 Å². The number of aliphatic hydroxyl groups is 6. The van der Waals surface area contributed by atoms with Crippen molar-refractivity contribution in [2.24, 2.45) is 0 Å². The maximum absolute atomic E-state index is 12.9. The van der Waals surface area contributed by atoms with Crippen LogP contribution in [0.1, 0.15) is 233 Å². The number of rotatable bonds is 53. The van der Waals surface area contributed by atoms with Gasteiger partial charge in [0.15, 0.2) is 18.7 Å². The SMILES string of the molecule is CCCCCCCC/C=C\CCCCCCCC(=O)OC[C@H](COP(=O)(O)OCCNC(=O)CCCCC(=O)NCCCO[C@@H]1O[C@H](CO)[C@H](O)[C@H](O)[C@H]1O[C@H]1O[C@@H](C)[C@@H](O)[C@@H](O)[C@@H]1O)OC(=O)CCCCCCC/C=C\CCCCCCCC. The summed E-state index contributed by atoms with van der Waals surface area (Å²) < 4.78 is 56.6. The Morgan fingerprint density at radius 2 is 1.00 bits per heavy atom. The maximum atomic E-state index is 12.9. The summed E-state index contributed by atoms with van der Waals surface area (Å²) in [6.07, 6.45) is 24.2. The molecule has 85 heavy (non-hydrogen) atoms. The number of aliphatic hydroxyl groups excluding tert-OH is 6. The predicted molar refractivity (Wildman–Crippen MR) is 322 cm³/mol. The van der Waals surface area contributed by atoms with Gasteiger partial charge < -0.3 is 74.6 Å². The molecule has 0 bridgehead atoms. The lowest BCUT2D eigenvalue weighted by molar-refractivity contribution is -0.364. The average Bonchev–Trinajstić information content (AvgIpc) is 3.15. The van der Waals surface area contributed by atoms with Gasteiger partial charge in [0.2, 0.25) is 11.8 Å². The number of hydrogen-bond acceptors (Lipinski definition) is 19. The van der Waals surface area contributed by atoms with Crippen LogP contribution in [-0.2, 0) is 61.2 Å². The molecule has 0 aromatic heterocycles. The largest absolute Gasteiger partial charge is 0.472 e. The molecule has 1 unspecified atom stereocenters. The second-order valence-electron chi connectivity index (χ2n) is 22.7. The molecule has 2 fully saturated rings. The lowest BCUT2D eigenvalue weighted by Gasteiger charge is -2.45. The van der Waals surface area contributed by atoms with Crippen molar-refractivity contribution in [1.29, 1.82) is 0 Å². The number of allylic oxidation sites excluding steroid dienone is 4. The molecule has 2 heterocycles. The zero-order valence-electron chi connectivity index (χ0n) is 51.8. The van der Waals surface area contributed by atoms with Gasteiger partial charge in [-0.05, 0) is 90.4 Å². The molecule has 0 saturated carbocycles. The molecular weight excluding hydrogens is 1120 g/mol. The predicted octanol–water partition coefficient (Wildman–Crippen LogP) is 8.50. The Balaban J connectivity index is 1.69. The molecule has 2 aliphatic heterocycles. The lowest BCUT2D eigenvalue weighted by atomic mass is 9.97. The second kappa shape index (κ2) is 49.9. The summed E-state index contributed by atoms with van der Waals surface area (Å²) in [7, 11) is -4.69. The Labute approximate surface area is 507 Å². The van der Waals surface area contributed by atoms with Crippen LogP contribution < -0.4 is 10.6 Å². The van der Waals surface area contributed by atoms with Crippen molar-refractivity contribution in [3.8, 4) is 0 Å². The van der Waals surface area contributed by atoms with Crippen molar-refractivity contribution < 1.29 is 96.7 Å². The number of amides is 2. The van der Waals surface area contributed by atoms with Gasteiger partial charge in [0.1, 0.15) is 49.3 Å². The molecule has 2 saturated heterocycles. The highest BCUT2D eigenvalue weighted by atomic mass is 31.2. The van der Waals surface area contributed by atoms with Gasteiger partial charge in [0.25, 0.3) is 0 Å². The molecule has 0 radical (unpaired) electrons. The molecule has 2 aliphatic rings. The number of phosphoric ester groups is 1. The van der Waals surface area contributed by atoms with Crippen LogP contribution in [0.5, 0.6) is 0 Å². The number of unbranched alkanes of at least 4 members (excludes halogenated alkanes) is 23. The zero-order chi connectivity index (χ0) is 62.3. The first-order valence-electron chi connectivity index (χ1n) is 32.4. The highest BCUT2D eigenvalue weighted by molar-refractivity contribution is 7.47. The molecule has 2 amide bonds. The number of esters is 2. The Kier molecular flexibility index (Phi) is 45.9. The molecule has 9 N–H and O–H groups in total. The van der Waals surface area contributed by atoms with Crippen LogP contribution in [0.2, 0.25) is 0 Å². The van der Waals surface area contributed by atoms with Crippen LogP contribution in [0.25, 0.3) is 0 Å². The Bertz CT molecular complexity index is 1830. The fraction of sp³-hybridized carbons (Fsp3) is 0.871. The Morgan fingerprint density at radius 1 is 0.518 bits per heavy atom. The highest BCUT2D eigenvalue weighted by Gasteiger charge is 2.50. The fourth-order valence-corrected chi connectivity index (χ4v) is 10.5. The van der Waals surface area contributed by atoms with E-state index < -0.39 is 100 Å². The molecule has 12 atom stereocenters. The molecule has 23 heteroatoms. The number of hydrogen-bond donors (Lipinski definition) is 9. The van der Waals surface area contributed by atoms with Crippen LogP contribution in [-0.4, -0.2) is 173 Å². The molecule has 2 rings (SSSR count). The topological polar surface area (TPSA) is 325 Å². The van der Waals surface area contributed by atoms with Crippen molar-refractivity contribution in [2.75, 3.05) is 46.1 Å². The van der Waals surface area contributed by atoms with E-state index in [0.29, 0.717) is 25.7 Å². The summed E-state index contributed by atoms with van der Waals surface area (Å²) in [6, 6.07) is 0. The van der Waals surface area contributed by atoms with Gasteiger partial charge in [-0.1, -0.05) is 141 Å². The van der Waals surface area contributed by atoms with Gasteiger partial charge in [-0.15, -0.1) is 0 Å². The van der Waals surface area contributed by atoms with Crippen LogP contribution in [0.4, 0.5) is 0 Å². The number of carbonyl (C=O) groups excluding carboxylic acids is 4. The summed E-state index contributed by atoms with van der Waals surface area (Å²) >= 11 is 0. The third-order valence-corrected chi connectivity index (χ3v) is 16.0. The zero-order valence-corrected chi connectivity index (χ0v) is 52.7. The minimum Gasteiger partial charge on any atom is -0.462 e. The van der Waals surface area contributed by atoms with E-state index in [2.05, 4.69) is 48.8 Å². The van der Waals surface area contributed by atoms with Crippen molar-refractivity contribution >= 4 is 31.6 Å². The first-order valence-corrected chi connectivity index (χ1v) is 33.9.